The zero-order chi connectivity index (χ0) is 34.2. The first kappa shape index (κ1) is 29.3. The molecule has 0 saturated carbocycles. The van der Waals surface area contributed by atoms with E-state index in [0.717, 1.165) is 39.0 Å². The van der Waals surface area contributed by atoms with Gasteiger partial charge in [-0.3, -0.25) is 0 Å². The highest BCUT2D eigenvalue weighted by Gasteiger charge is 2.46. The lowest BCUT2D eigenvalue weighted by atomic mass is 9.68. The van der Waals surface area contributed by atoms with E-state index >= 15 is 0 Å². The summed E-state index contributed by atoms with van der Waals surface area (Å²) >= 11 is 1.85. The van der Waals surface area contributed by atoms with Gasteiger partial charge in [0.05, 0.1) is 11.1 Å². The first-order valence-corrected chi connectivity index (χ1v) is 18.6. The summed E-state index contributed by atoms with van der Waals surface area (Å²) in [5.74, 6) is 0. The molecule has 0 atom stereocenters. The SMILES string of the molecule is c1ccc(C2(c3ccccc3)c3ccccc3-c3cc(N(c4ccc5oc6ccccc6c5c4)c4cccc5sc6ccccc6c45)ccc32)cc1. The van der Waals surface area contributed by atoms with Crippen LogP contribution in [0, 0.1) is 0 Å². The van der Waals surface area contributed by atoms with Crippen molar-refractivity contribution in [3.8, 4) is 11.1 Å². The van der Waals surface area contributed by atoms with Crippen LogP contribution in [0.4, 0.5) is 17.1 Å². The summed E-state index contributed by atoms with van der Waals surface area (Å²) in [5, 5.41) is 4.77. The van der Waals surface area contributed by atoms with Crippen LogP contribution in [0.1, 0.15) is 22.3 Å². The van der Waals surface area contributed by atoms with E-state index < -0.39 is 5.41 Å². The van der Waals surface area contributed by atoms with Gasteiger partial charge >= 0.3 is 0 Å². The normalized spacial score (nSPS) is 13.2. The van der Waals surface area contributed by atoms with Gasteiger partial charge in [-0.05, 0) is 88.0 Å². The van der Waals surface area contributed by atoms with Crippen LogP contribution in [0.25, 0.3) is 53.2 Å². The quantitative estimate of drug-likeness (QED) is 0.180. The van der Waals surface area contributed by atoms with Crippen molar-refractivity contribution in [2.75, 3.05) is 4.90 Å². The number of thiophene rings is 1. The Kier molecular flexibility index (Phi) is 6.37. The number of para-hydroxylation sites is 1. The molecule has 52 heavy (non-hydrogen) atoms. The van der Waals surface area contributed by atoms with Crippen molar-refractivity contribution in [3.05, 3.63) is 210 Å². The Hall–Kier alpha value is -6.42. The van der Waals surface area contributed by atoms with Crippen molar-refractivity contribution >= 4 is 70.5 Å². The van der Waals surface area contributed by atoms with E-state index in [4.69, 9.17) is 4.42 Å². The number of hydrogen-bond acceptors (Lipinski definition) is 3. The summed E-state index contributed by atoms with van der Waals surface area (Å²) in [6.45, 7) is 0. The standard InChI is InChI=1S/C49H31NOS/c1-3-14-32(15-4-1)49(33-16-5-2-6-17-33)41-21-10-7-18-36(41)39-30-34(26-28-42(39)49)50(35-27-29-45-40(31-35)37-19-8-11-23-44(37)51-45)43-22-13-25-47-48(43)38-20-9-12-24-46(38)52-47/h1-31H. The maximum Gasteiger partial charge on any atom is 0.135 e. The van der Waals surface area contributed by atoms with E-state index in [1.807, 2.05) is 17.4 Å². The number of anilines is 3. The molecule has 8 aromatic carbocycles. The number of nitrogens with zero attached hydrogens (tertiary/aromatic N) is 1. The van der Waals surface area contributed by atoms with Crippen molar-refractivity contribution in [1.82, 2.24) is 0 Å². The predicted molar refractivity (Wildman–Crippen MR) is 219 cm³/mol. The number of fused-ring (bicyclic) bond motifs is 9. The van der Waals surface area contributed by atoms with Crippen LogP contribution in [-0.2, 0) is 5.41 Å². The molecule has 0 fully saturated rings. The second kappa shape index (κ2) is 11.3. The molecule has 244 valence electrons. The van der Waals surface area contributed by atoms with Gasteiger partial charge < -0.3 is 9.32 Å². The molecule has 0 saturated heterocycles. The average molecular weight is 682 g/mol. The molecule has 0 N–H and O–H groups in total. The molecule has 2 heterocycles. The van der Waals surface area contributed by atoms with Crippen molar-refractivity contribution in [2.24, 2.45) is 0 Å². The minimum Gasteiger partial charge on any atom is -0.456 e. The fraction of sp³-hybridized carbons (Fsp3) is 0.0204. The molecule has 1 aliphatic carbocycles. The van der Waals surface area contributed by atoms with Crippen molar-refractivity contribution in [1.29, 1.82) is 0 Å². The smallest absolute Gasteiger partial charge is 0.135 e. The minimum absolute atomic E-state index is 0.448. The van der Waals surface area contributed by atoms with Crippen LogP contribution >= 0.6 is 11.3 Å². The predicted octanol–water partition coefficient (Wildman–Crippen LogP) is 13.8. The minimum atomic E-state index is -0.448. The second-order valence-corrected chi connectivity index (χ2v) is 14.7. The zero-order valence-corrected chi connectivity index (χ0v) is 29.0. The maximum atomic E-state index is 6.30. The van der Waals surface area contributed by atoms with E-state index in [0.29, 0.717) is 0 Å². The van der Waals surface area contributed by atoms with Crippen LogP contribution in [-0.4, -0.2) is 0 Å². The molecular weight excluding hydrogens is 651 g/mol. The fourth-order valence-electron chi connectivity index (χ4n) is 8.80. The van der Waals surface area contributed by atoms with E-state index in [2.05, 4.69) is 187 Å². The average Bonchev–Trinajstić information content (AvgIpc) is 3.87. The van der Waals surface area contributed by atoms with Gasteiger partial charge in [-0.25, -0.2) is 0 Å². The second-order valence-electron chi connectivity index (χ2n) is 13.6. The van der Waals surface area contributed by atoms with Crippen LogP contribution in [0.15, 0.2) is 192 Å². The van der Waals surface area contributed by atoms with Gasteiger partial charge in [0.1, 0.15) is 11.2 Å². The zero-order valence-electron chi connectivity index (χ0n) is 28.2. The summed E-state index contributed by atoms with van der Waals surface area (Å²) < 4.78 is 8.87. The Morgan fingerprint density at radius 3 is 1.87 bits per heavy atom. The summed E-state index contributed by atoms with van der Waals surface area (Å²) in [5.41, 5.74) is 12.4. The van der Waals surface area contributed by atoms with E-state index in [9.17, 15) is 0 Å². The van der Waals surface area contributed by atoms with E-state index in [1.54, 1.807) is 0 Å². The first-order valence-electron chi connectivity index (χ1n) is 17.8. The fourth-order valence-corrected chi connectivity index (χ4v) is 9.93. The van der Waals surface area contributed by atoms with Gasteiger partial charge in [-0.1, -0.05) is 133 Å². The highest BCUT2D eigenvalue weighted by molar-refractivity contribution is 7.26. The summed E-state index contributed by atoms with van der Waals surface area (Å²) in [7, 11) is 0. The van der Waals surface area contributed by atoms with Crippen LogP contribution in [0.2, 0.25) is 0 Å². The molecule has 0 spiro atoms. The topological polar surface area (TPSA) is 16.4 Å². The molecular formula is C49H31NOS. The van der Waals surface area contributed by atoms with Gasteiger partial charge in [0.25, 0.3) is 0 Å². The van der Waals surface area contributed by atoms with Gasteiger partial charge in [-0.15, -0.1) is 11.3 Å². The van der Waals surface area contributed by atoms with Gasteiger partial charge in [0.2, 0.25) is 0 Å². The number of benzene rings is 8. The summed E-state index contributed by atoms with van der Waals surface area (Å²) in [4.78, 5) is 2.45. The molecule has 0 radical (unpaired) electrons. The molecule has 2 aromatic heterocycles. The molecule has 0 aliphatic heterocycles. The number of rotatable bonds is 5. The van der Waals surface area contributed by atoms with E-state index in [1.165, 1.54) is 53.6 Å². The third kappa shape index (κ3) is 4.11. The number of hydrogen-bond donors (Lipinski definition) is 0. The summed E-state index contributed by atoms with van der Waals surface area (Å²) in [6, 6.07) is 68.6. The lowest BCUT2D eigenvalue weighted by molar-refractivity contribution is 0.669. The molecule has 11 rings (SSSR count). The summed E-state index contributed by atoms with van der Waals surface area (Å²) in [6.07, 6.45) is 0. The van der Waals surface area contributed by atoms with Gasteiger partial charge in [-0.2, -0.15) is 0 Å². The van der Waals surface area contributed by atoms with Crippen LogP contribution in [0.3, 0.4) is 0 Å². The van der Waals surface area contributed by atoms with Crippen molar-refractivity contribution in [2.45, 2.75) is 5.41 Å². The van der Waals surface area contributed by atoms with Gasteiger partial charge in [0, 0.05) is 42.3 Å². The third-order valence-electron chi connectivity index (χ3n) is 10.9. The van der Waals surface area contributed by atoms with Gasteiger partial charge in [0.15, 0.2) is 0 Å². The van der Waals surface area contributed by atoms with Crippen molar-refractivity contribution in [3.63, 3.8) is 0 Å². The maximum absolute atomic E-state index is 6.30. The Labute approximate surface area is 305 Å². The molecule has 3 heteroatoms. The monoisotopic (exact) mass is 681 g/mol. The highest BCUT2D eigenvalue weighted by atomic mass is 32.1. The molecule has 1 aliphatic rings. The Bertz CT molecular complexity index is 2930. The molecule has 0 bridgehead atoms. The first-order chi connectivity index (χ1) is 25.8. The Balaban J connectivity index is 1.21. The molecule has 10 aromatic rings. The molecule has 0 unspecified atom stereocenters. The van der Waals surface area contributed by atoms with Crippen LogP contribution < -0.4 is 4.90 Å². The highest BCUT2D eigenvalue weighted by Crippen LogP contribution is 2.57. The van der Waals surface area contributed by atoms with Crippen molar-refractivity contribution < 1.29 is 4.42 Å². The lowest BCUT2D eigenvalue weighted by Crippen LogP contribution is -2.28. The number of furan rings is 1. The Morgan fingerprint density at radius 2 is 1.04 bits per heavy atom. The Morgan fingerprint density at radius 1 is 0.423 bits per heavy atom. The lowest BCUT2D eigenvalue weighted by Gasteiger charge is -2.34. The van der Waals surface area contributed by atoms with Crippen LogP contribution in [0.5, 0.6) is 0 Å². The largest absolute Gasteiger partial charge is 0.456 e. The third-order valence-corrected chi connectivity index (χ3v) is 12.1. The molecule has 2 nitrogen and oxygen atoms in total. The molecule has 0 amide bonds. The van der Waals surface area contributed by atoms with E-state index in [-0.39, 0.29) is 0 Å².